The Balaban J connectivity index is 1.98. The summed E-state index contributed by atoms with van der Waals surface area (Å²) < 4.78 is 10.8. The number of hydrogen-bond donors (Lipinski definition) is 1. The summed E-state index contributed by atoms with van der Waals surface area (Å²) in [5, 5.41) is 9.65. The molecule has 2 aliphatic rings. The number of rotatable bonds is 7. The predicted molar refractivity (Wildman–Crippen MR) is 111 cm³/mol. The van der Waals surface area contributed by atoms with E-state index in [9.17, 15) is 9.90 Å². The molecular weight excluding hydrogens is 376 g/mol. The summed E-state index contributed by atoms with van der Waals surface area (Å²) >= 11 is 1.66. The number of benzene rings is 1. The Bertz CT molecular complexity index is 754. The van der Waals surface area contributed by atoms with Crippen molar-refractivity contribution in [1.29, 1.82) is 0 Å². The highest BCUT2D eigenvalue weighted by Gasteiger charge is 2.35. The number of ether oxygens (including phenoxy) is 2. The lowest BCUT2D eigenvalue weighted by molar-refractivity contribution is -0.133. The molecule has 1 atom stereocenters. The molecule has 0 saturated carbocycles. The van der Waals surface area contributed by atoms with Gasteiger partial charge in [0, 0.05) is 19.6 Å². The Morgan fingerprint density at radius 3 is 2.54 bits per heavy atom. The molecule has 1 N–H and O–H groups in total. The van der Waals surface area contributed by atoms with Crippen molar-refractivity contribution in [2.75, 3.05) is 39.2 Å². The maximum Gasteiger partial charge on any atom is 0.334 e. The van der Waals surface area contributed by atoms with Crippen LogP contribution in [0.2, 0.25) is 0 Å². The van der Waals surface area contributed by atoms with Crippen molar-refractivity contribution in [3.63, 3.8) is 0 Å². The van der Waals surface area contributed by atoms with Crippen LogP contribution in [0, 0.1) is 0 Å². The predicted octanol–water partition coefficient (Wildman–Crippen LogP) is 3.16. The smallest absolute Gasteiger partial charge is 0.334 e. The summed E-state index contributed by atoms with van der Waals surface area (Å²) in [7, 11) is 1.65. The molecule has 0 aliphatic carbocycles. The number of carbonyl (C=O) groups is 1. The largest absolute Gasteiger partial charge is 0.497 e. The molecule has 0 spiro atoms. The zero-order valence-electron chi connectivity index (χ0n) is 16.7. The number of carboxylic acids is 1. The van der Waals surface area contributed by atoms with Gasteiger partial charge in [-0.1, -0.05) is 19.1 Å². The fraction of sp³-hybridized carbons (Fsp3) is 0.476. The molecule has 2 aliphatic heterocycles. The van der Waals surface area contributed by atoms with Crippen LogP contribution < -0.4 is 4.74 Å². The van der Waals surface area contributed by atoms with E-state index in [2.05, 4.69) is 16.7 Å². The molecule has 1 unspecified atom stereocenters. The molecule has 0 bridgehead atoms. The van der Waals surface area contributed by atoms with Gasteiger partial charge in [-0.3, -0.25) is 0 Å². The van der Waals surface area contributed by atoms with E-state index in [1.165, 1.54) is 0 Å². The fourth-order valence-corrected chi connectivity index (χ4v) is 4.72. The van der Waals surface area contributed by atoms with E-state index in [0.717, 1.165) is 41.5 Å². The van der Waals surface area contributed by atoms with Crippen LogP contribution in [0.3, 0.4) is 0 Å². The first-order chi connectivity index (χ1) is 13.5. The van der Waals surface area contributed by atoms with Crippen molar-refractivity contribution in [2.24, 2.45) is 0 Å². The van der Waals surface area contributed by atoms with Gasteiger partial charge in [0.1, 0.15) is 16.9 Å². The summed E-state index contributed by atoms with van der Waals surface area (Å²) in [6, 6.07) is 7.96. The Kier molecular flexibility index (Phi) is 6.91. The lowest BCUT2D eigenvalue weighted by Gasteiger charge is -2.44. The van der Waals surface area contributed by atoms with Crippen LogP contribution in [0.1, 0.15) is 19.4 Å². The molecule has 0 amide bonds. The summed E-state index contributed by atoms with van der Waals surface area (Å²) in [5.41, 5.74) is 2.41. The summed E-state index contributed by atoms with van der Waals surface area (Å²) in [5.74, 6) is 1.88. The van der Waals surface area contributed by atoms with Crippen molar-refractivity contribution in [3.8, 4) is 5.75 Å². The zero-order valence-corrected chi connectivity index (χ0v) is 17.5. The minimum absolute atomic E-state index is 0.229. The van der Waals surface area contributed by atoms with Gasteiger partial charge < -0.3 is 24.4 Å². The second-order valence-corrected chi connectivity index (χ2v) is 8.14. The van der Waals surface area contributed by atoms with E-state index in [1.807, 2.05) is 37.3 Å². The maximum absolute atomic E-state index is 12.0. The molecule has 1 fully saturated rings. The summed E-state index contributed by atoms with van der Waals surface area (Å²) in [4.78, 5) is 16.6. The molecule has 0 radical (unpaired) electrons. The molecule has 1 aromatic rings. The Hall–Kier alpha value is -2.12. The lowest BCUT2D eigenvalue weighted by Crippen LogP contribution is -2.47. The lowest BCUT2D eigenvalue weighted by atomic mass is 10.0. The van der Waals surface area contributed by atoms with Crippen LogP contribution >= 0.6 is 11.8 Å². The van der Waals surface area contributed by atoms with Crippen molar-refractivity contribution < 1.29 is 19.4 Å². The third kappa shape index (κ3) is 4.47. The number of methoxy groups -OCH3 is 1. The Labute approximate surface area is 170 Å². The zero-order chi connectivity index (χ0) is 20.1. The number of carboxylic acid groups (broad SMARTS) is 1. The van der Waals surface area contributed by atoms with Gasteiger partial charge in [0.15, 0.2) is 0 Å². The average molecular weight is 405 g/mol. The van der Waals surface area contributed by atoms with Gasteiger partial charge >= 0.3 is 5.97 Å². The molecule has 28 heavy (non-hydrogen) atoms. The molecule has 7 heteroatoms. The van der Waals surface area contributed by atoms with Crippen molar-refractivity contribution in [1.82, 2.24) is 9.80 Å². The van der Waals surface area contributed by atoms with Crippen molar-refractivity contribution >= 4 is 17.7 Å². The molecule has 6 nitrogen and oxygen atoms in total. The van der Waals surface area contributed by atoms with Crippen LogP contribution in [0.5, 0.6) is 5.75 Å². The van der Waals surface area contributed by atoms with Crippen molar-refractivity contribution in [2.45, 2.75) is 25.8 Å². The van der Waals surface area contributed by atoms with Gasteiger partial charge in [-0.2, -0.15) is 0 Å². The SMILES string of the molecule is CCSC1C(C(=O)O)=C(C)C=C(N2CCOCC2)N1Cc1ccc(OC)cc1. The molecule has 3 rings (SSSR count). The first kappa shape index (κ1) is 20.6. The average Bonchev–Trinajstić information content (AvgIpc) is 2.71. The van der Waals surface area contributed by atoms with E-state index in [-0.39, 0.29) is 5.37 Å². The number of allylic oxidation sites excluding steroid dienone is 2. The highest BCUT2D eigenvalue weighted by molar-refractivity contribution is 8.00. The minimum Gasteiger partial charge on any atom is -0.497 e. The van der Waals surface area contributed by atoms with Gasteiger partial charge in [-0.15, -0.1) is 11.8 Å². The topological polar surface area (TPSA) is 62.2 Å². The first-order valence-electron chi connectivity index (χ1n) is 9.54. The second kappa shape index (κ2) is 9.39. The Morgan fingerprint density at radius 1 is 1.29 bits per heavy atom. The number of morpholine rings is 1. The summed E-state index contributed by atoms with van der Waals surface area (Å²) in [6.07, 6.45) is 2.02. The molecule has 1 aromatic carbocycles. The molecular formula is C21H28N2O4S. The number of nitrogens with zero attached hydrogens (tertiary/aromatic N) is 2. The molecule has 152 valence electrons. The monoisotopic (exact) mass is 404 g/mol. The highest BCUT2D eigenvalue weighted by Crippen LogP contribution is 2.36. The van der Waals surface area contributed by atoms with Crippen LogP contribution in [-0.4, -0.2) is 65.4 Å². The van der Waals surface area contributed by atoms with Gasteiger partial charge in [-0.05, 0) is 42.0 Å². The first-order valence-corrected chi connectivity index (χ1v) is 10.6. The summed E-state index contributed by atoms with van der Waals surface area (Å²) in [6.45, 7) is 7.60. The maximum atomic E-state index is 12.0. The van der Waals surface area contributed by atoms with Gasteiger partial charge in [0.2, 0.25) is 0 Å². The van der Waals surface area contributed by atoms with Crippen LogP contribution in [-0.2, 0) is 16.1 Å². The second-order valence-electron chi connectivity index (χ2n) is 6.79. The third-order valence-electron chi connectivity index (χ3n) is 5.00. The third-order valence-corrected chi connectivity index (χ3v) is 6.14. The van der Waals surface area contributed by atoms with Gasteiger partial charge in [0.05, 0.1) is 25.9 Å². The number of hydrogen-bond acceptors (Lipinski definition) is 6. The van der Waals surface area contributed by atoms with E-state index >= 15 is 0 Å². The van der Waals surface area contributed by atoms with E-state index in [1.54, 1.807) is 18.9 Å². The van der Waals surface area contributed by atoms with Crippen LogP contribution in [0.15, 0.2) is 47.3 Å². The molecule has 2 heterocycles. The van der Waals surface area contributed by atoms with E-state index in [4.69, 9.17) is 9.47 Å². The normalized spacial score (nSPS) is 20.2. The minimum atomic E-state index is -0.847. The number of aliphatic carboxylic acids is 1. The standard InChI is InChI=1S/C21H28N2O4S/c1-4-28-20-19(21(24)25)15(2)13-18(22-9-11-27-12-10-22)23(20)14-16-5-7-17(26-3)8-6-16/h5-8,13,20H,4,9-12,14H2,1-3H3,(H,24,25). The highest BCUT2D eigenvalue weighted by atomic mass is 32.2. The molecule has 1 saturated heterocycles. The van der Waals surface area contributed by atoms with E-state index in [0.29, 0.717) is 25.3 Å². The quantitative estimate of drug-likeness (QED) is 0.749. The molecule has 0 aromatic heterocycles. The van der Waals surface area contributed by atoms with Crippen molar-refractivity contribution in [3.05, 3.63) is 52.9 Å². The van der Waals surface area contributed by atoms with Gasteiger partial charge in [-0.25, -0.2) is 4.79 Å². The van der Waals surface area contributed by atoms with Crippen LogP contribution in [0.25, 0.3) is 0 Å². The van der Waals surface area contributed by atoms with Crippen LogP contribution in [0.4, 0.5) is 0 Å². The number of thioether (sulfide) groups is 1. The fourth-order valence-electron chi connectivity index (χ4n) is 3.59. The van der Waals surface area contributed by atoms with E-state index < -0.39 is 5.97 Å². The van der Waals surface area contributed by atoms with Gasteiger partial charge in [0.25, 0.3) is 0 Å². The Morgan fingerprint density at radius 2 is 1.96 bits per heavy atom.